The topological polar surface area (TPSA) is 67.3 Å². The summed E-state index contributed by atoms with van der Waals surface area (Å²) in [5, 5.41) is 9.50. The lowest BCUT2D eigenvalue weighted by Gasteiger charge is -2.25. The third-order valence-electron chi connectivity index (χ3n) is 4.63. The molecule has 0 saturated heterocycles. The molecule has 8 heteroatoms. The van der Waals surface area contributed by atoms with Gasteiger partial charge in [-0.05, 0) is 49.8 Å². The number of hydrogen-bond donors (Lipinski definition) is 1. The number of halogens is 3. The van der Waals surface area contributed by atoms with Gasteiger partial charge in [-0.3, -0.25) is 4.98 Å². The molecule has 0 amide bonds. The molecular formula is C18H18F3NO3S. The van der Waals surface area contributed by atoms with Crippen molar-refractivity contribution in [3.8, 4) is 11.3 Å². The van der Waals surface area contributed by atoms with Gasteiger partial charge in [-0.15, -0.1) is 0 Å². The summed E-state index contributed by atoms with van der Waals surface area (Å²) in [4.78, 5) is 3.35. The number of aliphatic hydroxyl groups excluding tert-OH is 1. The summed E-state index contributed by atoms with van der Waals surface area (Å²) in [7, 11) is -3.71. The first-order valence-electron chi connectivity index (χ1n) is 8.28. The molecule has 0 spiro atoms. The lowest BCUT2D eigenvalue weighted by molar-refractivity contribution is 0.113. The second kappa shape index (κ2) is 7.36. The van der Waals surface area contributed by atoms with Gasteiger partial charge in [0.25, 0.3) is 0 Å². The van der Waals surface area contributed by atoms with Gasteiger partial charge in [0.1, 0.15) is 17.3 Å². The van der Waals surface area contributed by atoms with E-state index in [4.69, 9.17) is 0 Å². The van der Waals surface area contributed by atoms with Gasteiger partial charge in [0.05, 0.1) is 22.9 Å². The highest BCUT2D eigenvalue weighted by molar-refractivity contribution is 7.91. The fraction of sp³-hybridized carbons (Fsp3) is 0.389. The van der Waals surface area contributed by atoms with Crippen LogP contribution in [0.25, 0.3) is 11.3 Å². The Balaban J connectivity index is 1.84. The molecule has 0 bridgehead atoms. The first kappa shape index (κ1) is 18.8. The SMILES string of the molecule is O=S(=O)(CC1CCC(O)CC1)c1ccc(-c2ncc(F)cc2F)c(F)c1. The van der Waals surface area contributed by atoms with Crippen LogP contribution < -0.4 is 0 Å². The van der Waals surface area contributed by atoms with Crippen molar-refractivity contribution in [3.05, 3.63) is 47.9 Å². The van der Waals surface area contributed by atoms with Gasteiger partial charge < -0.3 is 5.11 Å². The minimum absolute atomic E-state index is 0.0812. The number of hydrogen-bond acceptors (Lipinski definition) is 4. The number of rotatable bonds is 4. The van der Waals surface area contributed by atoms with Gasteiger partial charge >= 0.3 is 0 Å². The highest BCUT2D eigenvalue weighted by Gasteiger charge is 2.26. The van der Waals surface area contributed by atoms with Crippen LogP contribution in [0.2, 0.25) is 0 Å². The Kier molecular flexibility index (Phi) is 5.34. The molecule has 1 aliphatic rings. The summed E-state index contributed by atoms with van der Waals surface area (Å²) in [5.74, 6) is -3.06. The van der Waals surface area contributed by atoms with E-state index >= 15 is 0 Å². The molecule has 4 nitrogen and oxygen atoms in total. The van der Waals surface area contributed by atoms with Gasteiger partial charge in [0, 0.05) is 11.6 Å². The molecule has 140 valence electrons. The van der Waals surface area contributed by atoms with Crippen molar-refractivity contribution in [2.75, 3.05) is 5.75 Å². The fourth-order valence-electron chi connectivity index (χ4n) is 3.21. The summed E-state index contributed by atoms with van der Waals surface area (Å²) in [6, 6.07) is 3.77. The van der Waals surface area contributed by atoms with E-state index in [1.807, 2.05) is 0 Å². The van der Waals surface area contributed by atoms with Gasteiger partial charge in [0.2, 0.25) is 0 Å². The van der Waals surface area contributed by atoms with E-state index in [0.717, 1.165) is 18.3 Å². The summed E-state index contributed by atoms with van der Waals surface area (Å²) < 4.78 is 66.2. The number of aliphatic hydroxyl groups is 1. The van der Waals surface area contributed by atoms with Crippen LogP contribution in [-0.4, -0.2) is 30.4 Å². The normalized spacial score (nSPS) is 20.9. The molecule has 1 aromatic heterocycles. The molecule has 1 aromatic carbocycles. The van der Waals surface area contributed by atoms with E-state index in [-0.39, 0.29) is 33.9 Å². The average Bonchev–Trinajstić information content (AvgIpc) is 2.57. The summed E-state index contributed by atoms with van der Waals surface area (Å²) in [6.07, 6.45) is 2.70. The first-order chi connectivity index (χ1) is 12.3. The van der Waals surface area contributed by atoms with Gasteiger partial charge in [0.15, 0.2) is 15.7 Å². The minimum Gasteiger partial charge on any atom is -0.393 e. The smallest absolute Gasteiger partial charge is 0.178 e. The van der Waals surface area contributed by atoms with E-state index in [0.29, 0.717) is 31.7 Å². The molecule has 26 heavy (non-hydrogen) atoms. The van der Waals surface area contributed by atoms with Crippen LogP contribution >= 0.6 is 0 Å². The van der Waals surface area contributed by atoms with Crippen LogP contribution in [0.3, 0.4) is 0 Å². The van der Waals surface area contributed by atoms with Crippen molar-refractivity contribution in [1.82, 2.24) is 4.98 Å². The molecule has 0 radical (unpaired) electrons. The quantitative estimate of drug-likeness (QED) is 0.875. The van der Waals surface area contributed by atoms with E-state index in [9.17, 15) is 26.7 Å². The number of sulfone groups is 1. The van der Waals surface area contributed by atoms with Crippen LogP contribution in [0.15, 0.2) is 35.4 Å². The van der Waals surface area contributed by atoms with Crippen molar-refractivity contribution >= 4 is 9.84 Å². The van der Waals surface area contributed by atoms with Crippen molar-refractivity contribution < 1.29 is 26.7 Å². The minimum atomic E-state index is -3.71. The molecule has 3 rings (SSSR count). The fourth-order valence-corrected chi connectivity index (χ4v) is 4.92. The van der Waals surface area contributed by atoms with Gasteiger partial charge in [-0.2, -0.15) is 0 Å². The maximum Gasteiger partial charge on any atom is 0.178 e. The Bertz CT molecular complexity index is 910. The molecule has 2 aromatic rings. The van der Waals surface area contributed by atoms with Crippen LogP contribution in [0.1, 0.15) is 25.7 Å². The van der Waals surface area contributed by atoms with Crippen molar-refractivity contribution in [3.63, 3.8) is 0 Å². The first-order valence-corrected chi connectivity index (χ1v) is 9.93. The zero-order valence-electron chi connectivity index (χ0n) is 13.8. The monoisotopic (exact) mass is 385 g/mol. The molecule has 0 aliphatic heterocycles. The van der Waals surface area contributed by atoms with E-state index < -0.39 is 27.3 Å². The number of pyridine rings is 1. The van der Waals surface area contributed by atoms with Gasteiger partial charge in [-0.25, -0.2) is 21.6 Å². The predicted molar refractivity (Wildman–Crippen MR) is 89.6 cm³/mol. The maximum atomic E-state index is 14.4. The molecular weight excluding hydrogens is 367 g/mol. The van der Waals surface area contributed by atoms with E-state index in [1.165, 1.54) is 6.07 Å². The Labute approximate surface area is 149 Å². The third-order valence-corrected chi connectivity index (χ3v) is 6.52. The molecule has 1 fully saturated rings. The lowest BCUT2D eigenvalue weighted by Crippen LogP contribution is -2.24. The standard InChI is InChI=1S/C18H18F3NO3S/c19-12-7-17(21)18(22-9-12)15-6-5-14(8-16(15)20)26(24,25)10-11-1-3-13(23)4-2-11/h5-9,11,13,23H,1-4,10H2. The van der Waals surface area contributed by atoms with Gasteiger partial charge in [-0.1, -0.05) is 0 Å². The van der Waals surface area contributed by atoms with Crippen molar-refractivity contribution in [1.29, 1.82) is 0 Å². The molecule has 1 aliphatic carbocycles. The van der Waals surface area contributed by atoms with E-state index in [2.05, 4.69) is 4.98 Å². The second-order valence-electron chi connectivity index (χ2n) is 6.58. The highest BCUT2D eigenvalue weighted by atomic mass is 32.2. The highest BCUT2D eigenvalue weighted by Crippen LogP contribution is 2.30. The van der Waals surface area contributed by atoms with Crippen molar-refractivity contribution in [2.24, 2.45) is 5.92 Å². The zero-order chi connectivity index (χ0) is 18.9. The number of aromatic nitrogens is 1. The Morgan fingerprint density at radius 2 is 1.73 bits per heavy atom. The molecule has 0 atom stereocenters. The van der Waals surface area contributed by atoms with Crippen molar-refractivity contribution in [2.45, 2.75) is 36.7 Å². The number of benzene rings is 1. The second-order valence-corrected chi connectivity index (χ2v) is 8.62. The van der Waals surface area contributed by atoms with Crippen LogP contribution in [0.4, 0.5) is 13.2 Å². The molecule has 1 heterocycles. The summed E-state index contributed by atoms with van der Waals surface area (Å²) in [5.41, 5.74) is -0.614. The summed E-state index contributed by atoms with van der Waals surface area (Å²) >= 11 is 0. The molecule has 0 unspecified atom stereocenters. The van der Waals surface area contributed by atoms with Crippen LogP contribution in [0, 0.1) is 23.4 Å². The molecule has 1 N–H and O–H groups in total. The average molecular weight is 385 g/mol. The predicted octanol–water partition coefficient (Wildman–Crippen LogP) is 3.49. The molecule has 1 saturated carbocycles. The lowest BCUT2D eigenvalue weighted by atomic mass is 9.89. The summed E-state index contributed by atoms with van der Waals surface area (Å²) in [6.45, 7) is 0. The van der Waals surface area contributed by atoms with Crippen LogP contribution in [0.5, 0.6) is 0 Å². The third kappa shape index (κ3) is 4.07. The Morgan fingerprint density at radius 1 is 1.04 bits per heavy atom. The number of nitrogens with zero attached hydrogens (tertiary/aromatic N) is 1. The van der Waals surface area contributed by atoms with Crippen LogP contribution in [-0.2, 0) is 9.84 Å². The Morgan fingerprint density at radius 3 is 2.35 bits per heavy atom. The maximum absolute atomic E-state index is 14.4. The van der Waals surface area contributed by atoms with E-state index in [1.54, 1.807) is 0 Å². The zero-order valence-corrected chi connectivity index (χ0v) is 14.6. The Hall–Kier alpha value is -1.93. The largest absolute Gasteiger partial charge is 0.393 e.